The summed E-state index contributed by atoms with van der Waals surface area (Å²) < 4.78 is 0. The van der Waals surface area contributed by atoms with Crippen molar-refractivity contribution in [3.05, 3.63) is 34.9 Å². The predicted molar refractivity (Wildman–Crippen MR) is 83.3 cm³/mol. The third-order valence-electron chi connectivity index (χ3n) is 4.73. The molecular formula is C18H29N. The minimum Gasteiger partial charge on any atom is -0.310 e. The maximum Gasteiger partial charge on any atom is 0.0210 e. The molecule has 2 unspecified atom stereocenters. The van der Waals surface area contributed by atoms with Gasteiger partial charge >= 0.3 is 0 Å². The summed E-state index contributed by atoms with van der Waals surface area (Å²) in [6.45, 7) is 10.2. The van der Waals surface area contributed by atoms with Crippen LogP contribution in [0.5, 0.6) is 0 Å². The van der Waals surface area contributed by atoms with Crippen molar-refractivity contribution in [1.29, 1.82) is 0 Å². The van der Waals surface area contributed by atoms with Crippen LogP contribution in [0.1, 0.15) is 56.2 Å². The normalized spacial score (nSPS) is 23.8. The predicted octanol–water partition coefficient (Wildman–Crippen LogP) is 4.61. The maximum absolute atomic E-state index is 3.83. The average Bonchev–Trinajstić information content (AvgIpc) is 2.38. The molecule has 1 N–H and O–H groups in total. The molecule has 1 aromatic carbocycles. The van der Waals surface area contributed by atoms with Crippen molar-refractivity contribution >= 4 is 0 Å². The highest BCUT2D eigenvalue weighted by molar-refractivity contribution is 5.30. The van der Waals surface area contributed by atoms with Crippen molar-refractivity contribution in [2.24, 2.45) is 11.8 Å². The highest BCUT2D eigenvalue weighted by Gasteiger charge is 2.26. The van der Waals surface area contributed by atoms with Gasteiger partial charge in [-0.2, -0.15) is 0 Å². The fraction of sp³-hybridized carbons (Fsp3) is 0.667. The van der Waals surface area contributed by atoms with Gasteiger partial charge in [-0.1, -0.05) is 50.5 Å². The van der Waals surface area contributed by atoms with Crippen molar-refractivity contribution in [1.82, 2.24) is 5.32 Å². The van der Waals surface area contributed by atoms with Crippen LogP contribution in [-0.4, -0.2) is 6.04 Å². The minimum atomic E-state index is 0.717. The lowest BCUT2D eigenvalue weighted by Crippen LogP contribution is -2.40. The summed E-state index contributed by atoms with van der Waals surface area (Å²) in [5.41, 5.74) is 4.24. The van der Waals surface area contributed by atoms with Gasteiger partial charge in [-0.05, 0) is 49.7 Å². The standard InChI is InChI=1S/C18H29N/c1-13(2)17-7-5-6-8-18(17)19-12-16-10-9-14(3)11-15(16)4/h9-11,13,17-19H,5-8,12H2,1-4H3. The van der Waals surface area contributed by atoms with Crippen LogP contribution in [0.2, 0.25) is 0 Å². The summed E-state index contributed by atoms with van der Waals surface area (Å²) in [5.74, 6) is 1.66. The molecule has 106 valence electrons. The molecule has 0 saturated heterocycles. The van der Waals surface area contributed by atoms with E-state index >= 15 is 0 Å². The molecule has 1 aliphatic carbocycles. The topological polar surface area (TPSA) is 12.0 Å². The quantitative estimate of drug-likeness (QED) is 0.832. The molecule has 1 nitrogen and oxygen atoms in total. The Morgan fingerprint density at radius 1 is 1.16 bits per heavy atom. The van der Waals surface area contributed by atoms with E-state index in [2.05, 4.69) is 51.2 Å². The Bertz CT molecular complexity index is 408. The van der Waals surface area contributed by atoms with Gasteiger partial charge in [0.25, 0.3) is 0 Å². The second-order valence-corrected chi connectivity index (χ2v) is 6.61. The average molecular weight is 259 g/mol. The number of hydrogen-bond acceptors (Lipinski definition) is 1. The molecule has 1 aromatic rings. The van der Waals surface area contributed by atoms with Gasteiger partial charge in [-0.3, -0.25) is 0 Å². The Kier molecular flexibility index (Phi) is 5.04. The van der Waals surface area contributed by atoms with Crippen molar-refractivity contribution < 1.29 is 0 Å². The summed E-state index contributed by atoms with van der Waals surface area (Å²) in [6.07, 6.45) is 5.58. The van der Waals surface area contributed by atoms with Gasteiger partial charge in [0, 0.05) is 12.6 Å². The minimum absolute atomic E-state index is 0.717. The molecular weight excluding hydrogens is 230 g/mol. The molecule has 0 heterocycles. The Morgan fingerprint density at radius 2 is 1.89 bits per heavy atom. The smallest absolute Gasteiger partial charge is 0.0210 e. The van der Waals surface area contributed by atoms with Crippen LogP contribution >= 0.6 is 0 Å². The summed E-state index contributed by atoms with van der Waals surface area (Å²) >= 11 is 0. The second-order valence-electron chi connectivity index (χ2n) is 6.61. The molecule has 0 spiro atoms. The number of rotatable bonds is 4. The second kappa shape index (κ2) is 6.56. The van der Waals surface area contributed by atoms with Crippen LogP contribution in [0.15, 0.2) is 18.2 Å². The number of benzene rings is 1. The van der Waals surface area contributed by atoms with E-state index in [0.29, 0.717) is 0 Å². The van der Waals surface area contributed by atoms with Crippen molar-refractivity contribution in [3.8, 4) is 0 Å². The summed E-state index contributed by atoms with van der Waals surface area (Å²) in [5, 5.41) is 3.83. The Hall–Kier alpha value is -0.820. The van der Waals surface area contributed by atoms with E-state index in [-0.39, 0.29) is 0 Å². The SMILES string of the molecule is Cc1ccc(CNC2CCCCC2C(C)C)c(C)c1. The zero-order valence-corrected chi connectivity index (χ0v) is 13.0. The molecule has 1 fully saturated rings. The lowest BCUT2D eigenvalue weighted by atomic mass is 9.78. The van der Waals surface area contributed by atoms with E-state index in [4.69, 9.17) is 0 Å². The van der Waals surface area contributed by atoms with Gasteiger partial charge in [0.05, 0.1) is 0 Å². The maximum atomic E-state index is 3.83. The first-order valence-electron chi connectivity index (χ1n) is 7.87. The molecule has 0 bridgehead atoms. The van der Waals surface area contributed by atoms with Gasteiger partial charge in [-0.25, -0.2) is 0 Å². The first-order valence-corrected chi connectivity index (χ1v) is 7.87. The Labute approximate surface area is 118 Å². The molecule has 0 aromatic heterocycles. The van der Waals surface area contributed by atoms with Crippen LogP contribution in [-0.2, 0) is 6.54 Å². The van der Waals surface area contributed by atoms with E-state index in [1.54, 1.807) is 0 Å². The van der Waals surface area contributed by atoms with Gasteiger partial charge in [0.1, 0.15) is 0 Å². The summed E-state index contributed by atoms with van der Waals surface area (Å²) in [6, 6.07) is 7.52. The van der Waals surface area contributed by atoms with E-state index in [9.17, 15) is 0 Å². The molecule has 1 aliphatic rings. The van der Waals surface area contributed by atoms with Crippen LogP contribution in [0.4, 0.5) is 0 Å². The zero-order chi connectivity index (χ0) is 13.8. The van der Waals surface area contributed by atoms with E-state index in [0.717, 1.165) is 24.4 Å². The monoisotopic (exact) mass is 259 g/mol. The lowest BCUT2D eigenvalue weighted by molar-refractivity contribution is 0.204. The van der Waals surface area contributed by atoms with Gasteiger partial charge in [-0.15, -0.1) is 0 Å². The summed E-state index contributed by atoms with van der Waals surface area (Å²) in [7, 11) is 0. The Morgan fingerprint density at radius 3 is 2.58 bits per heavy atom. The van der Waals surface area contributed by atoms with E-state index in [1.807, 2.05) is 0 Å². The molecule has 0 amide bonds. The van der Waals surface area contributed by atoms with E-state index in [1.165, 1.54) is 42.4 Å². The molecule has 0 aliphatic heterocycles. The van der Waals surface area contributed by atoms with Crippen molar-refractivity contribution in [2.45, 2.75) is 66.0 Å². The first kappa shape index (κ1) is 14.6. The van der Waals surface area contributed by atoms with E-state index < -0.39 is 0 Å². The van der Waals surface area contributed by atoms with Crippen LogP contribution in [0.25, 0.3) is 0 Å². The molecule has 0 radical (unpaired) electrons. The third kappa shape index (κ3) is 3.82. The van der Waals surface area contributed by atoms with Crippen molar-refractivity contribution in [3.63, 3.8) is 0 Å². The fourth-order valence-electron chi connectivity index (χ4n) is 3.50. The number of aryl methyl sites for hydroxylation is 2. The number of nitrogens with one attached hydrogen (secondary N) is 1. The summed E-state index contributed by atoms with van der Waals surface area (Å²) in [4.78, 5) is 0. The largest absolute Gasteiger partial charge is 0.310 e. The molecule has 19 heavy (non-hydrogen) atoms. The molecule has 1 heteroatoms. The van der Waals surface area contributed by atoms with Crippen LogP contribution < -0.4 is 5.32 Å². The van der Waals surface area contributed by atoms with Crippen LogP contribution in [0, 0.1) is 25.7 Å². The molecule has 1 saturated carbocycles. The Balaban J connectivity index is 1.96. The van der Waals surface area contributed by atoms with Gasteiger partial charge in [0.15, 0.2) is 0 Å². The van der Waals surface area contributed by atoms with Crippen LogP contribution in [0.3, 0.4) is 0 Å². The molecule has 2 rings (SSSR count). The molecule has 2 atom stereocenters. The fourth-order valence-corrected chi connectivity index (χ4v) is 3.50. The third-order valence-corrected chi connectivity index (χ3v) is 4.73. The van der Waals surface area contributed by atoms with Gasteiger partial charge in [0.2, 0.25) is 0 Å². The van der Waals surface area contributed by atoms with Gasteiger partial charge < -0.3 is 5.32 Å². The first-order chi connectivity index (χ1) is 9.08. The number of hydrogen-bond donors (Lipinski definition) is 1. The zero-order valence-electron chi connectivity index (χ0n) is 13.0. The highest BCUT2D eigenvalue weighted by atomic mass is 14.9. The van der Waals surface area contributed by atoms with Crippen molar-refractivity contribution in [2.75, 3.05) is 0 Å². The highest BCUT2D eigenvalue weighted by Crippen LogP contribution is 2.30. The lowest BCUT2D eigenvalue weighted by Gasteiger charge is -2.35.